The second-order valence-corrected chi connectivity index (χ2v) is 7.10. The van der Waals surface area contributed by atoms with E-state index < -0.39 is 4.92 Å². The molecule has 9 heteroatoms. The van der Waals surface area contributed by atoms with E-state index in [4.69, 9.17) is 4.42 Å². The van der Waals surface area contributed by atoms with Crippen molar-refractivity contribution in [3.05, 3.63) is 58.3 Å². The number of carbonyl (C=O) groups excluding carboxylic acids is 1. The Kier molecular flexibility index (Phi) is 5.37. The molecule has 29 heavy (non-hydrogen) atoms. The van der Waals surface area contributed by atoms with Crippen molar-refractivity contribution in [3.8, 4) is 11.6 Å². The maximum atomic E-state index is 13.1. The van der Waals surface area contributed by atoms with Crippen molar-refractivity contribution in [3.63, 3.8) is 0 Å². The van der Waals surface area contributed by atoms with E-state index in [9.17, 15) is 14.9 Å². The van der Waals surface area contributed by atoms with Gasteiger partial charge in [0, 0.05) is 24.6 Å². The van der Waals surface area contributed by atoms with E-state index >= 15 is 0 Å². The lowest BCUT2D eigenvalue weighted by Crippen LogP contribution is -2.26. The number of anilines is 1. The number of non-ortho nitro benzene ring substituents is 1. The highest BCUT2D eigenvalue weighted by atomic mass is 16.6. The minimum absolute atomic E-state index is 0.0142. The van der Waals surface area contributed by atoms with E-state index in [1.54, 1.807) is 24.3 Å². The van der Waals surface area contributed by atoms with Crippen LogP contribution in [0.15, 0.2) is 47.1 Å². The lowest BCUT2D eigenvalue weighted by molar-refractivity contribution is -0.384. The molecule has 0 radical (unpaired) electrons. The first kappa shape index (κ1) is 18.9. The van der Waals surface area contributed by atoms with E-state index in [0.717, 1.165) is 32.1 Å². The predicted molar refractivity (Wildman–Crippen MR) is 105 cm³/mol. The van der Waals surface area contributed by atoms with Gasteiger partial charge in [0.25, 0.3) is 11.6 Å². The Bertz CT molecular complexity index is 1010. The van der Waals surface area contributed by atoms with Crippen molar-refractivity contribution < 1.29 is 14.1 Å². The summed E-state index contributed by atoms with van der Waals surface area (Å²) in [6.45, 7) is 0.274. The Morgan fingerprint density at radius 3 is 2.79 bits per heavy atom. The number of nitro groups is 1. The molecule has 1 aliphatic rings. The molecular formula is C20H21N5O4. The molecular weight excluding hydrogens is 374 g/mol. The van der Waals surface area contributed by atoms with Crippen molar-refractivity contribution in [2.45, 2.75) is 38.6 Å². The van der Waals surface area contributed by atoms with Crippen molar-refractivity contribution >= 4 is 17.5 Å². The fourth-order valence-electron chi connectivity index (χ4n) is 3.57. The highest BCUT2D eigenvalue weighted by Gasteiger charge is 2.27. The summed E-state index contributed by atoms with van der Waals surface area (Å²) in [5.41, 5.74) is 0.721. The highest BCUT2D eigenvalue weighted by Crippen LogP contribution is 2.27. The summed E-state index contributed by atoms with van der Waals surface area (Å²) in [5.74, 6) is 0.933. The molecule has 1 fully saturated rings. The molecule has 1 aliphatic carbocycles. The number of hydrogen-bond donors (Lipinski definition) is 1. The molecule has 2 heterocycles. The molecule has 1 aromatic carbocycles. The Morgan fingerprint density at radius 1 is 1.24 bits per heavy atom. The largest absolute Gasteiger partial charge is 0.461 e. The zero-order chi connectivity index (χ0) is 20.2. The Hall–Kier alpha value is -3.49. The molecule has 150 valence electrons. The number of rotatable bonds is 6. The van der Waals surface area contributed by atoms with Gasteiger partial charge in [0.05, 0.1) is 11.2 Å². The summed E-state index contributed by atoms with van der Waals surface area (Å²) in [7, 11) is 0. The molecule has 0 unspecified atom stereocenters. The number of furan rings is 1. The summed E-state index contributed by atoms with van der Waals surface area (Å²) in [4.78, 5) is 28.0. The average Bonchev–Trinajstić information content (AvgIpc) is 3.42. The summed E-state index contributed by atoms with van der Waals surface area (Å²) < 4.78 is 6.68. The normalized spacial score (nSPS) is 14.6. The lowest BCUT2D eigenvalue weighted by Gasteiger charge is -2.20. The first-order chi connectivity index (χ1) is 14.1. The molecule has 0 spiro atoms. The minimum atomic E-state index is -0.437. The maximum Gasteiger partial charge on any atom is 0.269 e. The van der Waals surface area contributed by atoms with E-state index in [2.05, 4.69) is 15.4 Å². The van der Waals surface area contributed by atoms with Crippen LogP contribution in [0.25, 0.3) is 11.6 Å². The quantitative estimate of drug-likeness (QED) is 0.489. The van der Waals surface area contributed by atoms with E-state index in [0.29, 0.717) is 23.1 Å². The standard InChI is InChI=1S/C20H21N5O4/c26-19(15-7-2-1-3-8-15)24-20(22-18(23-24)17-10-5-11-29-17)21-13-14-6-4-9-16(12-14)25(27)28/h4-6,9-12,15H,1-3,7-8,13H2,(H,21,22,23). The predicted octanol–water partition coefficient (Wildman–Crippen LogP) is 4.28. The minimum Gasteiger partial charge on any atom is -0.461 e. The molecule has 3 aromatic rings. The molecule has 1 saturated carbocycles. The third kappa shape index (κ3) is 4.18. The molecule has 0 saturated heterocycles. The lowest BCUT2D eigenvalue weighted by atomic mass is 9.89. The van der Waals surface area contributed by atoms with Crippen LogP contribution in [0.5, 0.6) is 0 Å². The Morgan fingerprint density at radius 2 is 2.07 bits per heavy atom. The topological polar surface area (TPSA) is 116 Å². The monoisotopic (exact) mass is 395 g/mol. The van der Waals surface area contributed by atoms with Crippen LogP contribution in [0.1, 0.15) is 42.5 Å². The van der Waals surface area contributed by atoms with Gasteiger partial charge in [0.1, 0.15) is 0 Å². The van der Waals surface area contributed by atoms with Gasteiger partial charge in [-0.3, -0.25) is 14.9 Å². The van der Waals surface area contributed by atoms with Gasteiger partial charge >= 0.3 is 0 Å². The van der Waals surface area contributed by atoms with Crippen LogP contribution in [0.3, 0.4) is 0 Å². The number of nitrogens with one attached hydrogen (secondary N) is 1. The fraction of sp³-hybridized carbons (Fsp3) is 0.350. The van der Waals surface area contributed by atoms with E-state index in [1.165, 1.54) is 23.1 Å². The Balaban J connectivity index is 1.59. The zero-order valence-corrected chi connectivity index (χ0v) is 15.8. The summed E-state index contributed by atoms with van der Waals surface area (Å²) in [6, 6.07) is 9.79. The van der Waals surface area contributed by atoms with Gasteiger partial charge in [-0.15, -0.1) is 5.10 Å². The van der Waals surface area contributed by atoms with Gasteiger partial charge in [-0.25, -0.2) is 0 Å². The average molecular weight is 395 g/mol. The van der Waals surface area contributed by atoms with Crippen LogP contribution < -0.4 is 5.32 Å². The third-order valence-electron chi connectivity index (χ3n) is 5.08. The summed E-state index contributed by atoms with van der Waals surface area (Å²) in [6.07, 6.45) is 6.43. The molecule has 4 rings (SSSR count). The number of hydrogen-bond acceptors (Lipinski definition) is 7. The number of nitro benzene ring substituents is 1. The smallest absolute Gasteiger partial charge is 0.269 e. The van der Waals surface area contributed by atoms with Gasteiger partial charge < -0.3 is 9.73 Å². The van der Waals surface area contributed by atoms with Crippen LogP contribution in [-0.4, -0.2) is 25.6 Å². The molecule has 0 aliphatic heterocycles. The van der Waals surface area contributed by atoms with Crippen LogP contribution >= 0.6 is 0 Å². The van der Waals surface area contributed by atoms with Gasteiger partial charge in [-0.1, -0.05) is 31.4 Å². The fourth-order valence-corrected chi connectivity index (χ4v) is 3.57. The second kappa shape index (κ2) is 8.26. The van der Waals surface area contributed by atoms with Gasteiger partial charge in [0.2, 0.25) is 11.8 Å². The zero-order valence-electron chi connectivity index (χ0n) is 15.8. The van der Waals surface area contributed by atoms with E-state index in [1.807, 2.05) is 0 Å². The molecule has 9 nitrogen and oxygen atoms in total. The third-order valence-corrected chi connectivity index (χ3v) is 5.08. The van der Waals surface area contributed by atoms with Gasteiger partial charge in [-0.2, -0.15) is 9.67 Å². The molecule has 2 aromatic heterocycles. The van der Waals surface area contributed by atoms with Crippen LogP contribution in [0, 0.1) is 16.0 Å². The maximum absolute atomic E-state index is 13.1. The molecule has 0 amide bonds. The molecule has 1 N–H and O–H groups in total. The van der Waals surface area contributed by atoms with Gasteiger partial charge in [-0.05, 0) is 30.5 Å². The van der Waals surface area contributed by atoms with Crippen molar-refractivity contribution in [1.82, 2.24) is 14.8 Å². The first-order valence-electron chi connectivity index (χ1n) is 9.64. The second-order valence-electron chi connectivity index (χ2n) is 7.10. The number of aromatic nitrogens is 3. The number of nitrogens with zero attached hydrogens (tertiary/aromatic N) is 4. The van der Waals surface area contributed by atoms with Crippen LogP contribution in [-0.2, 0) is 6.54 Å². The van der Waals surface area contributed by atoms with Crippen molar-refractivity contribution in [2.75, 3.05) is 5.32 Å². The van der Waals surface area contributed by atoms with Crippen LogP contribution in [0.4, 0.5) is 11.6 Å². The van der Waals surface area contributed by atoms with Crippen molar-refractivity contribution in [1.29, 1.82) is 0 Å². The van der Waals surface area contributed by atoms with Crippen LogP contribution in [0.2, 0.25) is 0 Å². The SMILES string of the molecule is O=C(C1CCCCC1)n1nc(-c2ccco2)nc1NCc1cccc([N+](=O)[O-])c1. The van der Waals surface area contributed by atoms with Gasteiger partial charge in [0.15, 0.2) is 5.76 Å². The van der Waals surface area contributed by atoms with E-state index in [-0.39, 0.29) is 24.1 Å². The summed E-state index contributed by atoms with van der Waals surface area (Å²) in [5, 5.41) is 18.5. The highest BCUT2D eigenvalue weighted by molar-refractivity contribution is 5.83. The molecule has 0 atom stereocenters. The number of benzene rings is 1. The summed E-state index contributed by atoms with van der Waals surface area (Å²) >= 11 is 0. The first-order valence-corrected chi connectivity index (χ1v) is 9.64. The molecule has 0 bridgehead atoms. The number of carbonyl (C=O) groups is 1. The van der Waals surface area contributed by atoms with Crippen molar-refractivity contribution in [2.24, 2.45) is 5.92 Å². The Labute approximate surface area is 166 Å².